The van der Waals surface area contributed by atoms with Crippen LogP contribution in [0, 0.1) is 5.92 Å². The first-order valence-corrected chi connectivity index (χ1v) is 4.87. The topological polar surface area (TPSA) is 37.3 Å². The molecule has 1 heterocycles. The van der Waals surface area contributed by atoms with Gasteiger partial charge in [-0.15, -0.1) is 0 Å². The summed E-state index contributed by atoms with van der Waals surface area (Å²) in [5.74, 6) is 0.786. The van der Waals surface area contributed by atoms with E-state index >= 15 is 0 Å². The minimum Gasteiger partial charge on any atom is -0.481 e. The number of thiol groups is 1. The van der Waals surface area contributed by atoms with Crippen molar-refractivity contribution in [3.63, 3.8) is 0 Å². The highest BCUT2D eigenvalue weighted by Gasteiger charge is 2.29. The van der Waals surface area contributed by atoms with E-state index in [2.05, 4.69) is 12.6 Å². The lowest BCUT2D eigenvalue weighted by atomic mass is 10.1. The Labute approximate surface area is 69.8 Å². The molecule has 0 aromatic rings. The predicted molar refractivity (Wildman–Crippen MR) is 45.8 cm³/mol. The molecule has 4 heteroatoms. The van der Waals surface area contributed by atoms with Gasteiger partial charge >= 0.3 is 5.97 Å². The highest BCUT2D eigenvalue weighted by atomic mass is 32.2. The maximum absolute atomic E-state index is 10.4. The van der Waals surface area contributed by atoms with Gasteiger partial charge in [-0.25, -0.2) is 0 Å². The quantitative estimate of drug-likeness (QED) is 0.622. The minimum absolute atomic E-state index is 0.123. The van der Waals surface area contributed by atoms with Crippen LogP contribution in [-0.2, 0) is 4.79 Å². The van der Waals surface area contributed by atoms with E-state index in [0.717, 1.165) is 17.9 Å². The lowest BCUT2D eigenvalue weighted by Gasteiger charge is -2.01. The molecule has 0 spiro atoms. The van der Waals surface area contributed by atoms with Crippen molar-refractivity contribution >= 4 is 30.4 Å². The molecule has 1 N–H and O–H groups in total. The molecule has 58 valence electrons. The first-order valence-electron chi connectivity index (χ1n) is 3.19. The van der Waals surface area contributed by atoms with Gasteiger partial charge < -0.3 is 5.11 Å². The van der Waals surface area contributed by atoms with Gasteiger partial charge in [0.2, 0.25) is 0 Å². The second kappa shape index (κ2) is 3.53. The van der Waals surface area contributed by atoms with Gasteiger partial charge in [0.05, 0.1) is 5.92 Å². The third kappa shape index (κ3) is 1.83. The summed E-state index contributed by atoms with van der Waals surface area (Å²) in [7, 11) is 0. The Morgan fingerprint density at radius 3 is 2.80 bits per heavy atom. The van der Waals surface area contributed by atoms with Crippen molar-refractivity contribution in [2.24, 2.45) is 5.92 Å². The van der Waals surface area contributed by atoms with Crippen LogP contribution in [0.15, 0.2) is 0 Å². The van der Waals surface area contributed by atoms with Gasteiger partial charge in [-0.05, 0) is 6.42 Å². The van der Waals surface area contributed by atoms with Gasteiger partial charge in [-0.3, -0.25) is 4.79 Å². The molecule has 0 aliphatic carbocycles. The number of carboxylic acid groups (broad SMARTS) is 1. The summed E-state index contributed by atoms with van der Waals surface area (Å²) in [5, 5.41) is 9.05. The van der Waals surface area contributed by atoms with Crippen molar-refractivity contribution in [1.82, 2.24) is 0 Å². The monoisotopic (exact) mass is 178 g/mol. The molecule has 1 saturated heterocycles. The summed E-state index contributed by atoms with van der Waals surface area (Å²) < 4.78 is 0. The fourth-order valence-electron chi connectivity index (χ4n) is 1.01. The van der Waals surface area contributed by atoms with E-state index < -0.39 is 5.97 Å². The zero-order valence-corrected chi connectivity index (χ0v) is 7.20. The number of aliphatic carboxylic acids is 1. The van der Waals surface area contributed by atoms with Crippen molar-refractivity contribution in [1.29, 1.82) is 0 Å². The highest BCUT2D eigenvalue weighted by Crippen LogP contribution is 2.31. The van der Waals surface area contributed by atoms with Gasteiger partial charge in [0.1, 0.15) is 0 Å². The molecule has 1 rings (SSSR count). The molecule has 0 aromatic carbocycles. The summed E-state index contributed by atoms with van der Waals surface area (Å²) in [5.41, 5.74) is 0. The summed E-state index contributed by atoms with van der Waals surface area (Å²) in [6, 6.07) is 0. The van der Waals surface area contributed by atoms with E-state index in [4.69, 9.17) is 5.11 Å². The first kappa shape index (κ1) is 8.27. The largest absolute Gasteiger partial charge is 0.481 e. The molecule has 2 atom stereocenters. The number of thioether (sulfide) groups is 1. The van der Waals surface area contributed by atoms with Crippen LogP contribution in [0.1, 0.15) is 6.42 Å². The van der Waals surface area contributed by atoms with Gasteiger partial charge in [0, 0.05) is 16.8 Å². The van der Waals surface area contributed by atoms with Crippen molar-refractivity contribution in [2.75, 3.05) is 11.5 Å². The van der Waals surface area contributed by atoms with E-state index in [9.17, 15) is 4.79 Å². The average Bonchev–Trinajstić information content (AvgIpc) is 2.34. The van der Waals surface area contributed by atoms with Gasteiger partial charge in [-0.1, -0.05) is 0 Å². The van der Waals surface area contributed by atoms with Crippen LogP contribution in [-0.4, -0.2) is 27.8 Å². The average molecular weight is 178 g/mol. The van der Waals surface area contributed by atoms with Crippen LogP contribution in [0.4, 0.5) is 0 Å². The normalized spacial score (nSPS) is 32.5. The summed E-state index contributed by atoms with van der Waals surface area (Å²) in [6.45, 7) is 0. The molecule has 10 heavy (non-hydrogen) atoms. The molecular formula is C6H10O2S2. The third-order valence-corrected chi connectivity index (χ3v) is 3.75. The Morgan fingerprint density at radius 1 is 1.80 bits per heavy atom. The molecule has 1 unspecified atom stereocenters. The Hall–Kier alpha value is 0.170. The zero-order chi connectivity index (χ0) is 7.56. The molecule has 2 nitrogen and oxygen atoms in total. The number of carboxylic acids is 1. The van der Waals surface area contributed by atoms with Crippen LogP contribution in [0.25, 0.3) is 0 Å². The van der Waals surface area contributed by atoms with Gasteiger partial charge in [0.15, 0.2) is 0 Å². The highest BCUT2D eigenvalue weighted by molar-refractivity contribution is 8.00. The number of rotatable bonds is 2. The van der Waals surface area contributed by atoms with Crippen LogP contribution in [0.3, 0.4) is 0 Å². The summed E-state index contributed by atoms with van der Waals surface area (Å²) >= 11 is 5.83. The van der Waals surface area contributed by atoms with E-state index in [0.29, 0.717) is 5.25 Å². The van der Waals surface area contributed by atoms with Crippen molar-refractivity contribution < 1.29 is 9.90 Å². The molecule has 1 aliphatic rings. The van der Waals surface area contributed by atoms with Crippen molar-refractivity contribution in [2.45, 2.75) is 11.7 Å². The molecule has 1 fully saturated rings. The lowest BCUT2D eigenvalue weighted by Crippen LogP contribution is -2.13. The van der Waals surface area contributed by atoms with Crippen LogP contribution >= 0.6 is 24.4 Å². The standard InChI is InChI=1S/C6H10O2S2/c7-6(8)4-1-5(2-9)10-3-4/h4-5,9H,1-3H2,(H,7,8)/t4?,5-/m1/s1. The maximum atomic E-state index is 10.4. The van der Waals surface area contributed by atoms with Gasteiger partial charge in [-0.2, -0.15) is 24.4 Å². The number of hydrogen-bond donors (Lipinski definition) is 2. The molecule has 0 bridgehead atoms. The van der Waals surface area contributed by atoms with Crippen LogP contribution < -0.4 is 0 Å². The second-order valence-corrected chi connectivity index (χ2v) is 4.11. The summed E-state index contributed by atoms with van der Waals surface area (Å²) in [6.07, 6.45) is 0.795. The van der Waals surface area contributed by atoms with E-state index in [-0.39, 0.29) is 5.92 Å². The molecule has 1 aliphatic heterocycles. The smallest absolute Gasteiger partial charge is 0.307 e. The van der Waals surface area contributed by atoms with Crippen LogP contribution in [0.5, 0.6) is 0 Å². The fraction of sp³-hybridized carbons (Fsp3) is 0.833. The van der Waals surface area contributed by atoms with E-state index in [1.165, 1.54) is 0 Å². The zero-order valence-electron chi connectivity index (χ0n) is 5.49. The number of carbonyl (C=O) groups is 1. The fourth-order valence-corrected chi connectivity index (χ4v) is 2.73. The Morgan fingerprint density at radius 2 is 2.50 bits per heavy atom. The Kier molecular flexibility index (Phi) is 2.92. The molecule has 0 aromatic heterocycles. The van der Waals surface area contributed by atoms with E-state index in [1.54, 1.807) is 11.8 Å². The number of hydrogen-bond acceptors (Lipinski definition) is 3. The lowest BCUT2D eigenvalue weighted by molar-refractivity contribution is -0.140. The first-order chi connectivity index (χ1) is 4.74. The second-order valence-electron chi connectivity index (χ2n) is 2.41. The van der Waals surface area contributed by atoms with Crippen molar-refractivity contribution in [3.8, 4) is 0 Å². The van der Waals surface area contributed by atoms with Crippen molar-refractivity contribution in [3.05, 3.63) is 0 Å². The Bertz CT molecular complexity index is 138. The van der Waals surface area contributed by atoms with E-state index in [1.807, 2.05) is 0 Å². The van der Waals surface area contributed by atoms with Crippen LogP contribution in [0.2, 0.25) is 0 Å². The minimum atomic E-state index is -0.656. The molecule has 0 amide bonds. The molecular weight excluding hydrogens is 168 g/mol. The third-order valence-electron chi connectivity index (χ3n) is 1.63. The molecule has 0 radical (unpaired) electrons. The molecule has 0 saturated carbocycles. The predicted octanol–water partition coefficient (Wildman–Crippen LogP) is 1.12. The van der Waals surface area contributed by atoms with Gasteiger partial charge in [0.25, 0.3) is 0 Å². The Balaban J connectivity index is 2.35. The SMILES string of the molecule is O=C(O)C1CS[C@@H](CS)C1. The summed E-state index contributed by atoms with van der Waals surface area (Å²) in [4.78, 5) is 10.4. The maximum Gasteiger partial charge on any atom is 0.307 e.